The first kappa shape index (κ1) is 17.0. The first-order chi connectivity index (χ1) is 13.0. The number of para-hydroxylation sites is 1. The highest BCUT2D eigenvalue weighted by atomic mass is 79.9. The quantitative estimate of drug-likeness (QED) is 0.425. The molecule has 0 saturated carbocycles. The Hall–Kier alpha value is -3.46. The number of aromatic nitrogens is 2. The first-order valence-corrected chi connectivity index (χ1v) is 8.60. The van der Waals surface area contributed by atoms with E-state index in [-0.39, 0.29) is 11.5 Å². The molecular formula is C18H11BrN4O4. The van der Waals surface area contributed by atoms with Crippen LogP contribution < -0.4 is 16.4 Å². The van der Waals surface area contributed by atoms with Crippen molar-refractivity contribution >= 4 is 49.5 Å². The van der Waals surface area contributed by atoms with E-state index in [0.717, 1.165) is 5.39 Å². The van der Waals surface area contributed by atoms with E-state index in [1.54, 1.807) is 42.5 Å². The van der Waals surface area contributed by atoms with Crippen LogP contribution in [-0.2, 0) is 0 Å². The second kappa shape index (κ2) is 6.69. The van der Waals surface area contributed by atoms with Crippen LogP contribution in [0.15, 0.2) is 62.2 Å². The number of fused-ring (bicyclic) bond motifs is 2. The molecule has 0 aliphatic carbocycles. The molecule has 8 nitrogen and oxygen atoms in total. The van der Waals surface area contributed by atoms with Gasteiger partial charge in [-0.3, -0.25) is 25.2 Å². The van der Waals surface area contributed by atoms with Crippen molar-refractivity contribution in [2.75, 3.05) is 0 Å². The summed E-state index contributed by atoms with van der Waals surface area (Å²) >= 11 is 3.35. The zero-order valence-corrected chi connectivity index (χ0v) is 15.2. The van der Waals surface area contributed by atoms with Gasteiger partial charge in [-0.15, -0.1) is 0 Å². The molecular weight excluding hydrogens is 416 g/mol. The first-order valence-electron chi connectivity index (χ1n) is 7.81. The number of carbonyl (C=O) groups is 2. The molecule has 0 radical (unpaired) electrons. The lowest BCUT2D eigenvalue weighted by Crippen LogP contribution is -2.42. The number of hydrogen-bond acceptors (Lipinski definition) is 5. The standard InChI is InChI=1S/C18H11BrN4O4/c19-12-7-3-4-9-8-13(27-15(9)12)17(25)22-23-18(26)14-10-5-1-2-6-11(10)16(24)21-20-14/h1-8H,(H,21,24)(H,22,25)(H,23,26). The molecule has 134 valence electrons. The Kier molecular flexibility index (Phi) is 4.21. The highest BCUT2D eigenvalue weighted by Gasteiger charge is 2.17. The average Bonchev–Trinajstić information content (AvgIpc) is 3.12. The summed E-state index contributed by atoms with van der Waals surface area (Å²) in [6.07, 6.45) is 0. The van der Waals surface area contributed by atoms with Gasteiger partial charge in [0.2, 0.25) is 0 Å². The Labute approximate surface area is 159 Å². The van der Waals surface area contributed by atoms with Gasteiger partial charge in [0.1, 0.15) is 5.58 Å². The number of hydrogen-bond donors (Lipinski definition) is 3. The van der Waals surface area contributed by atoms with Crippen LogP contribution >= 0.6 is 15.9 Å². The maximum Gasteiger partial charge on any atom is 0.305 e. The Bertz CT molecular complexity index is 1260. The van der Waals surface area contributed by atoms with E-state index in [4.69, 9.17) is 4.42 Å². The molecule has 0 aliphatic heterocycles. The highest BCUT2D eigenvalue weighted by molar-refractivity contribution is 9.10. The van der Waals surface area contributed by atoms with Gasteiger partial charge in [-0.05, 0) is 34.1 Å². The summed E-state index contributed by atoms with van der Waals surface area (Å²) in [7, 11) is 0. The topological polar surface area (TPSA) is 117 Å². The van der Waals surface area contributed by atoms with Crippen molar-refractivity contribution in [2.24, 2.45) is 0 Å². The summed E-state index contributed by atoms with van der Waals surface area (Å²) in [5, 5.41) is 7.48. The lowest BCUT2D eigenvalue weighted by atomic mass is 10.1. The van der Waals surface area contributed by atoms with E-state index in [1.807, 2.05) is 6.07 Å². The minimum Gasteiger partial charge on any atom is -0.450 e. The van der Waals surface area contributed by atoms with Crippen molar-refractivity contribution < 1.29 is 14.0 Å². The number of benzene rings is 2. The van der Waals surface area contributed by atoms with Crippen LogP contribution in [0.5, 0.6) is 0 Å². The van der Waals surface area contributed by atoms with Crippen molar-refractivity contribution in [3.8, 4) is 0 Å². The molecule has 2 aromatic heterocycles. The van der Waals surface area contributed by atoms with E-state index >= 15 is 0 Å². The number of nitrogens with zero attached hydrogens (tertiary/aromatic N) is 1. The molecule has 0 spiro atoms. The smallest absolute Gasteiger partial charge is 0.305 e. The predicted octanol–water partition coefficient (Wildman–Crippen LogP) is 2.51. The normalized spacial score (nSPS) is 10.9. The molecule has 0 atom stereocenters. The number of rotatable bonds is 2. The fourth-order valence-electron chi connectivity index (χ4n) is 2.66. The average molecular weight is 427 g/mol. The predicted molar refractivity (Wildman–Crippen MR) is 101 cm³/mol. The van der Waals surface area contributed by atoms with Crippen LogP contribution in [-0.4, -0.2) is 22.0 Å². The summed E-state index contributed by atoms with van der Waals surface area (Å²) in [4.78, 5) is 36.4. The highest BCUT2D eigenvalue weighted by Crippen LogP contribution is 2.26. The van der Waals surface area contributed by atoms with Crippen molar-refractivity contribution in [2.45, 2.75) is 0 Å². The third kappa shape index (κ3) is 3.08. The lowest BCUT2D eigenvalue weighted by Gasteiger charge is -2.07. The maximum atomic E-state index is 12.4. The number of aromatic amines is 1. The second-order valence-corrected chi connectivity index (χ2v) is 6.48. The monoisotopic (exact) mass is 426 g/mol. The molecule has 2 heterocycles. The Balaban J connectivity index is 1.55. The molecule has 9 heteroatoms. The number of hydrazine groups is 1. The van der Waals surface area contributed by atoms with Crippen molar-refractivity contribution in [3.05, 3.63) is 74.8 Å². The van der Waals surface area contributed by atoms with Crippen LogP contribution in [0.4, 0.5) is 0 Å². The zero-order chi connectivity index (χ0) is 19.0. The van der Waals surface area contributed by atoms with E-state index in [0.29, 0.717) is 20.8 Å². The van der Waals surface area contributed by atoms with Crippen LogP contribution in [0.25, 0.3) is 21.7 Å². The van der Waals surface area contributed by atoms with Crippen molar-refractivity contribution in [1.29, 1.82) is 0 Å². The van der Waals surface area contributed by atoms with Gasteiger partial charge in [-0.2, -0.15) is 5.10 Å². The summed E-state index contributed by atoms with van der Waals surface area (Å²) in [6, 6.07) is 13.5. The summed E-state index contributed by atoms with van der Waals surface area (Å²) in [5.74, 6) is -1.26. The van der Waals surface area contributed by atoms with Crippen LogP contribution in [0.1, 0.15) is 21.0 Å². The largest absolute Gasteiger partial charge is 0.450 e. The van der Waals surface area contributed by atoms with Crippen molar-refractivity contribution in [1.82, 2.24) is 21.0 Å². The molecule has 0 bridgehead atoms. The fourth-order valence-corrected chi connectivity index (χ4v) is 3.12. The molecule has 0 aliphatic rings. The SMILES string of the molecule is O=C(NNC(=O)c1n[nH]c(=O)c2ccccc12)c1cc2cccc(Br)c2o1. The van der Waals surface area contributed by atoms with E-state index in [9.17, 15) is 14.4 Å². The Morgan fingerprint density at radius 1 is 1.00 bits per heavy atom. The van der Waals surface area contributed by atoms with Gasteiger partial charge in [0.25, 0.3) is 11.5 Å². The molecule has 2 amide bonds. The minimum absolute atomic E-state index is 0.0159. The fraction of sp³-hybridized carbons (Fsp3) is 0. The Morgan fingerprint density at radius 3 is 2.52 bits per heavy atom. The second-order valence-electron chi connectivity index (χ2n) is 5.62. The van der Waals surface area contributed by atoms with Gasteiger partial charge in [0, 0.05) is 10.8 Å². The number of furan rings is 1. The summed E-state index contributed by atoms with van der Waals surface area (Å²) in [5.41, 5.74) is 4.66. The van der Waals surface area contributed by atoms with Gasteiger partial charge in [-0.25, -0.2) is 5.10 Å². The minimum atomic E-state index is -0.673. The number of H-pyrrole nitrogens is 1. The van der Waals surface area contributed by atoms with Crippen molar-refractivity contribution in [3.63, 3.8) is 0 Å². The van der Waals surface area contributed by atoms with Crippen LogP contribution in [0, 0.1) is 0 Å². The number of nitrogens with one attached hydrogen (secondary N) is 3. The van der Waals surface area contributed by atoms with Gasteiger partial charge < -0.3 is 4.42 Å². The molecule has 0 unspecified atom stereocenters. The van der Waals surface area contributed by atoms with E-state index in [1.165, 1.54) is 0 Å². The zero-order valence-electron chi connectivity index (χ0n) is 13.6. The summed E-state index contributed by atoms with van der Waals surface area (Å²) in [6.45, 7) is 0. The maximum absolute atomic E-state index is 12.4. The van der Waals surface area contributed by atoms with Gasteiger partial charge in [0.05, 0.1) is 9.86 Å². The molecule has 27 heavy (non-hydrogen) atoms. The number of amides is 2. The number of halogens is 1. The number of carbonyl (C=O) groups excluding carboxylic acids is 2. The van der Waals surface area contributed by atoms with Gasteiger partial charge in [-0.1, -0.05) is 30.3 Å². The van der Waals surface area contributed by atoms with Gasteiger partial charge >= 0.3 is 5.91 Å². The molecule has 3 N–H and O–H groups in total. The third-order valence-corrected chi connectivity index (χ3v) is 4.54. The molecule has 4 aromatic rings. The van der Waals surface area contributed by atoms with E-state index in [2.05, 4.69) is 37.0 Å². The molecule has 4 rings (SSSR count). The third-order valence-electron chi connectivity index (χ3n) is 3.92. The molecule has 0 saturated heterocycles. The summed E-state index contributed by atoms with van der Waals surface area (Å²) < 4.78 is 6.23. The lowest BCUT2D eigenvalue weighted by molar-refractivity contribution is 0.0830. The van der Waals surface area contributed by atoms with Crippen LogP contribution in [0.2, 0.25) is 0 Å². The molecule has 0 fully saturated rings. The molecule has 2 aromatic carbocycles. The van der Waals surface area contributed by atoms with Gasteiger partial charge in [0.15, 0.2) is 11.5 Å². The Morgan fingerprint density at radius 2 is 1.74 bits per heavy atom. The van der Waals surface area contributed by atoms with E-state index < -0.39 is 17.4 Å². The van der Waals surface area contributed by atoms with Crippen LogP contribution in [0.3, 0.4) is 0 Å².